The molecule has 0 amide bonds. The van der Waals surface area contributed by atoms with Gasteiger partial charge in [-0.25, -0.2) is 4.98 Å². The first kappa shape index (κ1) is 13.1. The van der Waals surface area contributed by atoms with Gasteiger partial charge in [-0.2, -0.15) is 0 Å². The normalized spacial score (nSPS) is 23.4. The van der Waals surface area contributed by atoms with Gasteiger partial charge >= 0.3 is 0 Å². The van der Waals surface area contributed by atoms with Gasteiger partial charge in [0.25, 0.3) is 0 Å². The standard InChI is InChI=1S/C14H23N3O/c1-4-18-12-6-5-8-16-13(12)17-9-7-14(2,11-17)10-15-3/h5-6,8,15H,4,7,9-11H2,1-3H3. The SMILES string of the molecule is CCOc1cccnc1N1CCC(C)(CNC)C1. The monoisotopic (exact) mass is 249 g/mol. The molecule has 0 aliphatic carbocycles. The van der Waals surface area contributed by atoms with Crippen LogP contribution in [0.2, 0.25) is 0 Å². The van der Waals surface area contributed by atoms with Gasteiger partial charge < -0.3 is 15.0 Å². The summed E-state index contributed by atoms with van der Waals surface area (Å²) >= 11 is 0. The van der Waals surface area contributed by atoms with Crippen LogP contribution in [0.25, 0.3) is 0 Å². The van der Waals surface area contributed by atoms with Crippen LogP contribution in [0.3, 0.4) is 0 Å². The Morgan fingerprint density at radius 1 is 1.56 bits per heavy atom. The van der Waals surface area contributed by atoms with E-state index in [0.717, 1.165) is 31.2 Å². The largest absolute Gasteiger partial charge is 0.490 e. The maximum Gasteiger partial charge on any atom is 0.171 e. The van der Waals surface area contributed by atoms with E-state index in [0.29, 0.717) is 12.0 Å². The van der Waals surface area contributed by atoms with E-state index in [9.17, 15) is 0 Å². The highest BCUT2D eigenvalue weighted by Crippen LogP contribution is 2.35. The molecule has 2 rings (SSSR count). The molecule has 1 aliphatic rings. The van der Waals surface area contributed by atoms with E-state index < -0.39 is 0 Å². The molecule has 18 heavy (non-hydrogen) atoms. The summed E-state index contributed by atoms with van der Waals surface area (Å²) in [6.45, 7) is 8.14. The van der Waals surface area contributed by atoms with Gasteiger partial charge in [0, 0.05) is 25.8 Å². The van der Waals surface area contributed by atoms with E-state index in [-0.39, 0.29) is 0 Å². The molecule has 1 aromatic rings. The first-order valence-corrected chi connectivity index (χ1v) is 6.66. The average molecular weight is 249 g/mol. The Hall–Kier alpha value is -1.29. The maximum absolute atomic E-state index is 5.66. The lowest BCUT2D eigenvalue weighted by atomic mass is 9.90. The quantitative estimate of drug-likeness (QED) is 0.865. The molecular formula is C14H23N3O. The molecule has 1 N–H and O–H groups in total. The van der Waals surface area contributed by atoms with Crippen LogP contribution in [0.1, 0.15) is 20.3 Å². The second kappa shape index (κ2) is 5.57. The predicted molar refractivity (Wildman–Crippen MR) is 74.3 cm³/mol. The summed E-state index contributed by atoms with van der Waals surface area (Å²) < 4.78 is 5.66. The van der Waals surface area contributed by atoms with E-state index in [2.05, 4.69) is 22.1 Å². The number of rotatable bonds is 5. The second-order valence-corrected chi connectivity index (χ2v) is 5.27. The Labute approximate surface area is 109 Å². The minimum atomic E-state index is 0.329. The Balaban J connectivity index is 2.13. The lowest BCUT2D eigenvalue weighted by Crippen LogP contribution is -2.33. The van der Waals surface area contributed by atoms with E-state index >= 15 is 0 Å². The van der Waals surface area contributed by atoms with E-state index in [1.54, 1.807) is 0 Å². The van der Waals surface area contributed by atoms with Gasteiger partial charge in [0.05, 0.1) is 6.61 Å². The molecule has 1 atom stereocenters. The maximum atomic E-state index is 5.66. The van der Waals surface area contributed by atoms with Crippen molar-refractivity contribution in [2.45, 2.75) is 20.3 Å². The highest BCUT2D eigenvalue weighted by atomic mass is 16.5. The summed E-state index contributed by atoms with van der Waals surface area (Å²) in [5.74, 6) is 1.88. The molecule has 1 saturated heterocycles. The topological polar surface area (TPSA) is 37.4 Å². The molecule has 1 aromatic heterocycles. The van der Waals surface area contributed by atoms with Gasteiger partial charge in [-0.05, 0) is 37.9 Å². The van der Waals surface area contributed by atoms with Gasteiger partial charge in [-0.1, -0.05) is 6.92 Å². The number of nitrogens with one attached hydrogen (secondary N) is 1. The highest BCUT2D eigenvalue weighted by molar-refractivity contribution is 5.53. The van der Waals surface area contributed by atoms with Crippen LogP contribution < -0.4 is 15.0 Å². The van der Waals surface area contributed by atoms with Crippen molar-refractivity contribution in [2.24, 2.45) is 5.41 Å². The molecule has 2 heterocycles. The van der Waals surface area contributed by atoms with Crippen molar-refractivity contribution in [1.29, 1.82) is 0 Å². The molecule has 4 nitrogen and oxygen atoms in total. The molecular weight excluding hydrogens is 226 g/mol. The summed E-state index contributed by atoms with van der Waals surface area (Å²) in [6, 6.07) is 3.93. The van der Waals surface area contributed by atoms with Crippen LogP contribution in [0.15, 0.2) is 18.3 Å². The number of pyridine rings is 1. The van der Waals surface area contributed by atoms with Crippen molar-refractivity contribution < 1.29 is 4.74 Å². The molecule has 0 spiro atoms. The van der Waals surface area contributed by atoms with Crippen molar-refractivity contribution in [2.75, 3.05) is 38.2 Å². The van der Waals surface area contributed by atoms with Gasteiger partial charge in [0.15, 0.2) is 11.6 Å². The van der Waals surface area contributed by atoms with Crippen LogP contribution >= 0.6 is 0 Å². The molecule has 0 aromatic carbocycles. The molecule has 1 fully saturated rings. The molecule has 4 heteroatoms. The van der Waals surface area contributed by atoms with Gasteiger partial charge in [0.2, 0.25) is 0 Å². The smallest absolute Gasteiger partial charge is 0.171 e. The van der Waals surface area contributed by atoms with Crippen molar-refractivity contribution in [3.8, 4) is 5.75 Å². The average Bonchev–Trinajstić information content (AvgIpc) is 2.73. The zero-order valence-corrected chi connectivity index (χ0v) is 11.6. The second-order valence-electron chi connectivity index (χ2n) is 5.27. The number of hydrogen-bond donors (Lipinski definition) is 1. The summed E-state index contributed by atoms with van der Waals surface area (Å²) in [7, 11) is 2.01. The third kappa shape index (κ3) is 2.75. The lowest BCUT2D eigenvalue weighted by molar-refractivity contribution is 0.337. The van der Waals surface area contributed by atoms with Crippen molar-refractivity contribution >= 4 is 5.82 Å². The number of ether oxygens (including phenoxy) is 1. The summed E-state index contributed by atoms with van der Waals surface area (Å²) in [6.07, 6.45) is 3.03. The van der Waals surface area contributed by atoms with Gasteiger partial charge in [-0.3, -0.25) is 0 Å². The minimum Gasteiger partial charge on any atom is -0.490 e. The van der Waals surface area contributed by atoms with Gasteiger partial charge in [0.1, 0.15) is 0 Å². The zero-order valence-electron chi connectivity index (χ0n) is 11.6. The van der Waals surface area contributed by atoms with Crippen LogP contribution in [0, 0.1) is 5.41 Å². The number of nitrogens with zero attached hydrogens (tertiary/aromatic N) is 2. The third-order valence-corrected chi connectivity index (χ3v) is 3.51. The minimum absolute atomic E-state index is 0.329. The first-order chi connectivity index (χ1) is 8.68. The first-order valence-electron chi connectivity index (χ1n) is 6.66. The molecule has 1 unspecified atom stereocenters. The predicted octanol–water partition coefficient (Wildman–Crippen LogP) is 1.92. The van der Waals surface area contributed by atoms with Gasteiger partial charge in [-0.15, -0.1) is 0 Å². The summed E-state index contributed by atoms with van der Waals surface area (Å²) in [5, 5.41) is 3.28. The molecule has 0 bridgehead atoms. The zero-order chi connectivity index (χ0) is 13.0. The van der Waals surface area contributed by atoms with Crippen molar-refractivity contribution in [3.05, 3.63) is 18.3 Å². The molecule has 100 valence electrons. The molecule has 0 saturated carbocycles. The fourth-order valence-corrected chi connectivity index (χ4v) is 2.66. The van der Waals surface area contributed by atoms with E-state index in [1.807, 2.05) is 32.3 Å². The lowest BCUT2D eigenvalue weighted by Gasteiger charge is -2.25. The van der Waals surface area contributed by atoms with Crippen molar-refractivity contribution in [1.82, 2.24) is 10.3 Å². The third-order valence-electron chi connectivity index (χ3n) is 3.51. The van der Waals surface area contributed by atoms with Crippen LogP contribution in [-0.2, 0) is 0 Å². The highest BCUT2D eigenvalue weighted by Gasteiger charge is 2.34. The Morgan fingerprint density at radius 2 is 2.39 bits per heavy atom. The number of anilines is 1. The Bertz CT molecular complexity index is 396. The molecule has 1 aliphatic heterocycles. The fraction of sp³-hybridized carbons (Fsp3) is 0.643. The summed E-state index contributed by atoms with van der Waals surface area (Å²) in [5.41, 5.74) is 0.329. The summed E-state index contributed by atoms with van der Waals surface area (Å²) in [4.78, 5) is 6.82. The number of hydrogen-bond acceptors (Lipinski definition) is 4. The van der Waals surface area contributed by atoms with Crippen molar-refractivity contribution in [3.63, 3.8) is 0 Å². The molecule has 0 radical (unpaired) electrons. The number of aromatic nitrogens is 1. The van der Waals surface area contributed by atoms with Crippen LogP contribution in [0.4, 0.5) is 5.82 Å². The van der Waals surface area contributed by atoms with Crippen LogP contribution in [0.5, 0.6) is 5.75 Å². The Morgan fingerprint density at radius 3 is 3.11 bits per heavy atom. The van der Waals surface area contributed by atoms with Crippen LogP contribution in [-0.4, -0.2) is 38.3 Å². The fourth-order valence-electron chi connectivity index (χ4n) is 2.66. The Kier molecular flexibility index (Phi) is 4.07. The van der Waals surface area contributed by atoms with E-state index in [1.165, 1.54) is 6.42 Å². The van der Waals surface area contributed by atoms with E-state index in [4.69, 9.17) is 4.74 Å².